The third kappa shape index (κ3) is 36.1. The van der Waals surface area contributed by atoms with Crippen LogP contribution in [0.3, 0.4) is 0 Å². The lowest BCUT2D eigenvalue weighted by Gasteiger charge is -2.21. The van der Waals surface area contributed by atoms with Gasteiger partial charge in [0.1, 0.15) is 6.29 Å². The van der Waals surface area contributed by atoms with Crippen LogP contribution in [0, 0.1) is 5.92 Å². The van der Waals surface area contributed by atoms with Gasteiger partial charge in [0.05, 0.1) is 0 Å². The van der Waals surface area contributed by atoms with Crippen LogP contribution >= 0.6 is 0 Å². The monoisotopic (exact) mass is 263 g/mol. The summed E-state index contributed by atoms with van der Waals surface area (Å²) in [4.78, 5) is 9.62. The second-order valence-electron chi connectivity index (χ2n) is 4.40. The number of aldehydes is 1. The third-order valence-corrected chi connectivity index (χ3v) is 1.98. The summed E-state index contributed by atoms with van der Waals surface area (Å²) >= 11 is 0. The van der Waals surface area contributed by atoms with E-state index in [9.17, 15) is 4.79 Å². The number of rotatable bonds is 5. The van der Waals surface area contributed by atoms with Crippen LogP contribution < -0.4 is 5.32 Å². The summed E-state index contributed by atoms with van der Waals surface area (Å²) in [7, 11) is 1.90. The van der Waals surface area contributed by atoms with E-state index in [0.29, 0.717) is 12.3 Å². The summed E-state index contributed by atoms with van der Waals surface area (Å²) in [6.07, 6.45) is 2.45. The number of aliphatic hydroxyl groups excluding tert-OH is 1. The van der Waals surface area contributed by atoms with Gasteiger partial charge in [-0.3, -0.25) is 0 Å². The molecule has 0 aliphatic heterocycles. The van der Waals surface area contributed by atoms with Gasteiger partial charge in [-0.05, 0) is 33.2 Å². The Morgan fingerprint density at radius 3 is 1.61 bits per heavy atom. The second kappa shape index (κ2) is 21.8. The first-order valence-electron chi connectivity index (χ1n) is 7.13. The number of hydrogen-bond acceptors (Lipinski definition) is 3. The molecule has 0 unspecified atom stereocenters. The van der Waals surface area contributed by atoms with Crippen molar-refractivity contribution in [2.75, 3.05) is 13.7 Å². The van der Waals surface area contributed by atoms with Crippen LogP contribution in [0.4, 0.5) is 0 Å². The molecule has 0 bridgehead atoms. The smallest absolute Gasteiger partial charge is 0.120 e. The molecule has 0 rings (SSSR count). The van der Waals surface area contributed by atoms with E-state index in [1.165, 1.54) is 0 Å². The van der Waals surface area contributed by atoms with Crippen LogP contribution in [-0.2, 0) is 4.79 Å². The topological polar surface area (TPSA) is 49.3 Å². The molecule has 0 saturated carbocycles. The van der Waals surface area contributed by atoms with Gasteiger partial charge in [0.2, 0.25) is 0 Å². The molecule has 18 heavy (non-hydrogen) atoms. The normalized spacial score (nSPS) is 9.06. The van der Waals surface area contributed by atoms with E-state index in [2.05, 4.69) is 19.2 Å². The maximum Gasteiger partial charge on any atom is 0.120 e. The summed E-state index contributed by atoms with van der Waals surface area (Å²) in [5.41, 5.74) is 0.0920. The zero-order valence-electron chi connectivity index (χ0n) is 14.1. The molecule has 0 aliphatic rings. The molecule has 0 aromatic rings. The summed E-state index contributed by atoms with van der Waals surface area (Å²) in [6, 6.07) is 0. The Hall–Kier alpha value is -0.410. The fraction of sp³-hybridized carbons (Fsp3) is 0.933. The zero-order valence-corrected chi connectivity index (χ0v) is 14.1. The Morgan fingerprint density at radius 1 is 1.17 bits per heavy atom. The van der Waals surface area contributed by atoms with Gasteiger partial charge in [-0.1, -0.05) is 41.5 Å². The van der Waals surface area contributed by atoms with E-state index in [0.717, 1.165) is 12.7 Å². The lowest BCUT2D eigenvalue weighted by Crippen LogP contribution is -2.36. The van der Waals surface area contributed by atoms with Crippen molar-refractivity contribution in [2.24, 2.45) is 5.92 Å². The lowest BCUT2D eigenvalue weighted by molar-refractivity contribution is -0.108. The van der Waals surface area contributed by atoms with Crippen molar-refractivity contribution >= 4 is 6.29 Å². The van der Waals surface area contributed by atoms with Crippen LogP contribution in [-0.4, -0.2) is 30.6 Å². The Morgan fingerprint density at radius 2 is 1.56 bits per heavy atom. The van der Waals surface area contributed by atoms with Crippen LogP contribution in [0.2, 0.25) is 0 Å². The molecule has 0 aromatic heterocycles. The highest BCUT2D eigenvalue weighted by molar-refractivity contribution is 5.49. The van der Waals surface area contributed by atoms with Crippen molar-refractivity contribution in [3.05, 3.63) is 0 Å². The highest BCUT2D eigenvalue weighted by Gasteiger charge is 2.11. The van der Waals surface area contributed by atoms with Crippen LogP contribution in [0.1, 0.15) is 68.2 Å². The number of carbonyl (C=O) groups excluding carboxylic acids is 1. The maximum atomic E-state index is 9.62. The first-order chi connectivity index (χ1) is 8.39. The van der Waals surface area contributed by atoms with E-state index in [-0.39, 0.29) is 12.1 Å². The van der Waals surface area contributed by atoms with E-state index < -0.39 is 0 Å². The Bertz CT molecular complexity index is 134. The number of nitrogens with one attached hydrogen (secondary N) is 1. The van der Waals surface area contributed by atoms with Gasteiger partial charge in [-0.2, -0.15) is 0 Å². The first kappa shape index (κ1) is 26.2. The average Bonchev–Trinajstić information content (AvgIpc) is 2.35. The molecule has 3 heteroatoms. The predicted octanol–water partition coefficient (Wildman–Crippen LogP) is 3.65. The van der Waals surface area contributed by atoms with Crippen LogP contribution in [0.5, 0.6) is 0 Å². The van der Waals surface area contributed by atoms with Gasteiger partial charge < -0.3 is 15.2 Å². The molecule has 0 amide bonds. The second-order valence-corrected chi connectivity index (χ2v) is 4.40. The van der Waals surface area contributed by atoms with Crippen LogP contribution in [0.25, 0.3) is 0 Å². The maximum absolute atomic E-state index is 9.62. The van der Waals surface area contributed by atoms with Crippen molar-refractivity contribution in [1.82, 2.24) is 5.32 Å². The molecule has 0 fully saturated rings. The number of aliphatic hydroxyl groups is 1. The quantitative estimate of drug-likeness (QED) is 0.744. The molecule has 0 spiro atoms. The third-order valence-electron chi connectivity index (χ3n) is 1.98. The molecule has 0 radical (unpaired) electrons. The number of carbonyl (C=O) groups is 1. The van der Waals surface area contributed by atoms with Crippen molar-refractivity contribution in [3.8, 4) is 0 Å². The van der Waals surface area contributed by atoms with Gasteiger partial charge in [-0.25, -0.2) is 0 Å². The number of hydrogen-bond donors (Lipinski definition) is 2. The fourth-order valence-corrected chi connectivity index (χ4v) is 0.597. The first-order valence-corrected chi connectivity index (χ1v) is 7.13. The van der Waals surface area contributed by atoms with Crippen molar-refractivity contribution in [3.63, 3.8) is 0 Å². The van der Waals surface area contributed by atoms with Crippen LogP contribution in [0.15, 0.2) is 0 Å². The summed E-state index contributed by atoms with van der Waals surface area (Å²) in [5, 5.41) is 11.6. The van der Waals surface area contributed by atoms with Crippen molar-refractivity contribution in [2.45, 2.75) is 73.8 Å². The summed E-state index contributed by atoms with van der Waals surface area (Å²) in [5.74, 6) is 0.530. The molecule has 0 heterocycles. The van der Waals surface area contributed by atoms with Gasteiger partial charge in [-0.15, -0.1) is 0 Å². The van der Waals surface area contributed by atoms with E-state index in [1.54, 1.807) is 0 Å². The molecule has 0 saturated heterocycles. The summed E-state index contributed by atoms with van der Waals surface area (Å²) < 4.78 is 0. The Labute approximate surface area is 115 Å². The standard InChI is InChI=1S/C6H15NO.C5H10O.2C2H6/c1-6(2,7-3)4-5-8;1-5(2)3-4-6;2*1-2/h7-8H,4-5H2,1-3H3;4-5H,3H2,1-2H3;2*1-2H3. The fourth-order valence-electron chi connectivity index (χ4n) is 0.597. The molecule has 3 nitrogen and oxygen atoms in total. The van der Waals surface area contributed by atoms with E-state index >= 15 is 0 Å². The van der Waals surface area contributed by atoms with Crippen molar-refractivity contribution in [1.29, 1.82) is 0 Å². The van der Waals surface area contributed by atoms with E-state index in [4.69, 9.17) is 5.11 Å². The minimum atomic E-state index is 0.0920. The SMILES string of the molecule is CC.CC.CC(C)CC=O.CNC(C)(C)CCO. The highest BCUT2D eigenvalue weighted by atomic mass is 16.3. The van der Waals surface area contributed by atoms with Gasteiger partial charge in [0.25, 0.3) is 0 Å². The Balaban J connectivity index is -0.0000000869. The van der Waals surface area contributed by atoms with Crippen molar-refractivity contribution < 1.29 is 9.90 Å². The lowest BCUT2D eigenvalue weighted by atomic mass is 10.0. The van der Waals surface area contributed by atoms with E-state index in [1.807, 2.05) is 48.6 Å². The molecule has 2 N–H and O–H groups in total. The summed E-state index contributed by atoms with van der Waals surface area (Å²) in [6.45, 7) is 16.4. The molecular weight excluding hydrogens is 226 g/mol. The minimum Gasteiger partial charge on any atom is -0.396 e. The molecule has 0 aliphatic carbocycles. The average molecular weight is 263 g/mol. The highest BCUT2D eigenvalue weighted by Crippen LogP contribution is 2.04. The minimum absolute atomic E-state index is 0.0920. The molecule has 0 atom stereocenters. The van der Waals surface area contributed by atoms with Gasteiger partial charge in [0, 0.05) is 18.6 Å². The Kier molecular flexibility index (Phi) is 31.8. The molecular formula is C15H37NO2. The molecule has 0 aromatic carbocycles. The largest absolute Gasteiger partial charge is 0.396 e. The molecule has 114 valence electrons. The van der Waals surface area contributed by atoms with Gasteiger partial charge in [0.15, 0.2) is 0 Å². The predicted molar refractivity (Wildman–Crippen MR) is 83.1 cm³/mol. The van der Waals surface area contributed by atoms with Gasteiger partial charge >= 0.3 is 0 Å². The zero-order chi connectivity index (χ0) is 15.6.